The van der Waals surface area contributed by atoms with Gasteiger partial charge in [-0.05, 0) is 17.3 Å². The molecule has 0 aliphatic carbocycles. The Bertz CT molecular complexity index is 55.4. The normalized spacial score (nSPS) is 35.2. The predicted octanol–water partition coefficient (Wildman–Crippen LogP) is 1.91. The fourth-order valence-corrected chi connectivity index (χ4v) is 2.97. The molecule has 0 nitrogen and oxygen atoms in total. The topological polar surface area (TPSA) is 0 Å². The summed E-state index contributed by atoms with van der Waals surface area (Å²) in [5.74, 6) is 4.15. The van der Waals surface area contributed by atoms with Crippen molar-refractivity contribution in [3.05, 3.63) is 0 Å². The lowest BCUT2D eigenvalue weighted by Gasteiger charge is -2.21. The molecule has 0 atom stereocenters. The fourth-order valence-electron chi connectivity index (χ4n) is 0.992. The van der Waals surface area contributed by atoms with Crippen LogP contribution in [-0.2, 0) is 10.9 Å². The Morgan fingerprint density at radius 1 is 1.50 bits per heavy atom. The van der Waals surface area contributed by atoms with Crippen LogP contribution < -0.4 is 0 Å². The molecule has 0 aromatic rings. The predicted molar refractivity (Wildman–Crippen MR) is 43.5 cm³/mol. The first kappa shape index (κ1) is 8.35. The van der Waals surface area contributed by atoms with Crippen LogP contribution in [0.4, 0.5) is 0 Å². The third kappa shape index (κ3) is 1.70. The summed E-state index contributed by atoms with van der Waals surface area (Å²) < 4.78 is 0. The molecule has 1 aliphatic heterocycles. The molecular weight excluding hydrogens is 116 g/mol. The van der Waals surface area contributed by atoms with Crippen LogP contribution in [0.1, 0.15) is 20.8 Å². The molecular formula is C7H17S+. The van der Waals surface area contributed by atoms with Gasteiger partial charge in [0.25, 0.3) is 0 Å². The van der Waals surface area contributed by atoms with Crippen molar-refractivity contribution in [3.8, 4) is 0 Å². The van der Waals surface area contributed by atoms with E-state index in [1.165, 1.54) is 17.9 Å². The van der Waals surface area contributed by atoms with Gasteiger partial charge >= 0.3 is 0 Å². The molecule has 0 radical (unpaired) electrons. The van der Waals surface area contributed by atoms with E-state index in [1.54, 1.807) is 0 Å². The van der Waals surface area contributed by atoms with Crippen LogP contribution in [0.5, 0.6) is 0 Å². The van der Waals surface area contributed by atoms with Crippen molar-refractivity contribution < 1.29 is 0 Å². The lowest BCUT2D eigenvalue weighted by Crippen LogP contribution is -2.34. The smallest absolute Gasteiger partial charge is 0.0776 e. The zero-order valence-electron chi connectivity index (χ0n) is 5.11. The van der Waals surface area contributed by atoms with E-state index in [4.69, 9.17) is 0 Å². The molecule has 1 fully saturated rings. The Hall–Kier alpha value is 0.350. The summed E-state index contributed by atoms with van der Waals surface area (Å²) in [6, 6.07) is 0. The first-order valence-electron chi connectivity index (χ1n) is 2.92. The summed E-state index contributed by atoms with van der Waals surface area (Å²) in [7, 11) is 0.828. The maximum absolute atomic E-state index is 2.37. The summed E-state index contributed by atoms with van der Waals surface area (Å²) in [4.78, 5) is 0. The minimum Gasteiger partial charge on any atom is -0.0776 e. The quantitative estimate of drug-likeness (QED) is 0.479. The molecule has 50 valence electrons. The SMILES string of the molecule is C.CCC1C[S+](C)C1. The molecule has 1 heterocycles. The summed E-state index contributed by atoms with van der Waals surface area (Å²) in [5.41, 5.74) is 0. The summed E-state index contributed by atoms with van der Waals surface area (Å²) in [6.07, 6.45) is 3.78. The number of hydrogen-bond donors (Lipinski definition) is 0. The largest absolute Gasteiger partial charge is 0.115 e. The van der Waals surface area contributed by atoms with Crippen LogP contribution >= 0.6 is 0 Å². The van der Waals surface area contributed by atoms with E-state index in [1.807, 2.05) is 0 Å². The summed E-state index contributed by atoms with van der Waals surface area (Å²) in [6.45, 7) is 2.29. The van der Waals surface area contributed by atoms with Crippen LogP contribution in [0.25, 0.3) is 0 Å². The van der Waals surface area contributed by atoms with Gasteiger partial charge in [-0.2, -0.15) is 0 Å². The molecule has 0 aromatic carbocycles. The lowest BCUT2D eigenvalue weighted by molar-refractivity contribution is 0.609. The van der Waals surface area contributed by atoms with Gasteiger partial charge in [0.15, 0.2) is 0 Å². The van der Waals surface area contributed by atoms with E-state index in [9.17, 15) is 0 Å². The molecule has 0 aromatic heterocycles. The highest BCUT2D eigenvalue weighted by molar-refractivity contribution is 7.97. The van der Waals surface area contributed by atoms with Crippen LogP contribution in [0.15, 0.2) is 0 Å². The maximum Gasteiger partial charge on any atom is 0.115 e. The Morgan fingerprint density at radius 2 is 2.00 bits per heavy atom. The monoisotopic (exact) mass is 133 g/mol. The minimum absolute atomic E-state index is 0. The van der Waals surface area contributed by atoms with Gasteiger partial charge in [0.2, 0.25) is 0 Å². The minimum atomic E-state index is 0. The zero-order chi connectivity index (χ0) is 5.28. The van der Waals surface area contributed by atoms with Gasteiger partial charge in [0.1, 0.15) is 11.5 Å². The molecule has 1 aliphatic rings. The Morgan fingerprint density at radius 3 is 2.12 bits per heavy atom. The van der Waals surface area contributed by atoms with Crippen LogP contribution in [0, 0.1) is 5.92 Å². The maximum atomic E-state index is 2.37. The highest BCUT2D eigenvalue weighted by Crippen LogP contribution is 2.20. The van der Waals surface area contributed by atoms with Crippen molar-refractivity contribution in [1.29, 1.82) is 0 Å². The Balaban J connectivity index is 0.000000490. The van der Waals surface area contributed by atoms with E-state index < -0.39 is 0 Å². The third-order valence-corrected chi connectivity index (χ3v) is 3.70. The Labute approximate surface area is 56.0 Å². The van der Waals surface area contributed by atoms with Crippen LogP contribution in [0.2, 0.25) is 0 Å². The van der Waals surface area contributed by atoms with Gasteiger partial charge in [-0.1, -0.05) is 14.4 Å². The molecule has 1 heteroatoms. The first-order chi connectivity index (χ1) is 3.33. The van der Waals surface area contributed by atoms with Crippen molar-refractivity contribution in [2.24, 2.45) is 5.92 Å². The average molecular weight is 133 g/mol. The van der Waals surface area contributed by atoms with Crippen LogP contribution in [0.3, 0.4) is 0 Å². The third-order valence-electron chi connectivity index (χ3n) is 1.62. The Kier molecular flexibility index (Phi) is 3.54. The summed E-state index contributed by atoms with van der Waals surface area (Å²) in [5, 5.41) is 0. The molecule has 0 saturated carbocycles. The molecule has 0 spiro atoms. The zero-order valence-corrected chi connectivity index (χ0v) is 5.92. The molecule has 0 bridgehead atoms. The second kappa shape index (κ2) is 3.39. The standard InChI is InChI=1S/C6H13S.CH4/c1-3-6-4-7(2)5-6;/h6H,3-5H2,1-2H3;1H4/q+1;. The lowest BCUT2D eigenvalue weighted by atomic mass is 10.1. The van der Waals surface area contributed by atoms with Crippen molar-refractivity contribution in [2.75, 3.05) is 17.8 Å². The molecule has 0 unspecified atom stereocenters. The second-order valence-corrected chi connectivity index (χ2v) is 4.62. The van der Waals surface area contributed by atoms with Gasteiger partial charge in [-0.3, -0.25) is 0 Å². The van der Waals surface area contributed by atoms with E-state index in [0.717, 1.165) is 16.8 Å². The average Bonchev–Trinajstić information content (AvgIpc) is 1.58. The molecule has 0 amide bonds. The molecule has 8 heavy (non-hydrogen) atoms. The molecule has 1 saturated heterocycles. The van der Waals surface area contributed by atoms with Crippen molar-refractivity contribution in [1.82, 2.24) is 0 Å². The first-order valence-corrected chi connectivity index (χ1v) is 4.89. The van der Waals surface area contributed by atoms with Crippen LogP contribution in [-0.4, -0.2) is 17.8 Å². The van der Waals surface area contributed by atoms with Gasteiger partial charge in [0.05, 0.1) is 6.26 Å². The summed E-state index contributed by atoms with van der Waals surface area (Å²) >= 11 is 0. The van der Waals surface area contributed by atoms with E-state index in [0.29, 0.717) is 0 Å². The van der Waals surface area contributed by atoms with Gasteiger partial charge in [0, 0.05) is 5.92 Å². The number of rotatable bonds is 1. The van der Waals surface area contributed by atoms with Gasteiger partial charge < -0.3 is 0 Å². The number of hydrogen-bond acceptors (Lipinski definition) is 0. The van der Waals surface area contributed by atoms with E-state index >= 15 is 0 Å². The molecule has 0 N–H and O–H groups in total. The van der Waals surface area contributed by atoms with Crippen molar-refractivity contribution in [3.63, 3.8) is 0 Å². The van der Waals surface area contributed by atoms with Crippen molar-refractivity contribution in [2.45, 2.75) is 20.8 Å². The van der Waals surface area contributed by atoms with Crippen molar-refractivity contribution >= 4 is 10.9 Å². The van der Waals surface area contributed by atoms with E-state index in [2.05, 4.69) is 13.2 Å². The van der Waals surface area contributed by atoms with Gasteiger partial charge in [-0.25, -0.2) is 0 Å². The highest BCUT2D eigenvalue weighted by Gasteiger charge is 2.32. The highest BCUT2D eigenvalue weighted by atomic mass is 32.2. The fraction of sp³-hybridized carbons (Fsp3) is 1.00. The second-order valence-electron chi connectivity index (χ2n) is 2.39. The van der Waals surface area contributed by atoms with E-state index in [-0.39, 0.29) is 7.43 Å². The molecule has 1 rings (SSSR count). The van der Waals surface area contributed by atoms with Gasteiger partial charge in [-0.15, -0.1) is 0 Å².